The molecule has 15 heavy (non-hydrogen) atoms. The van der Waals surface area contributed by atoms with E-state index in [0.717, 1.165) is 19.4 Å². The van der Waals surface area contributed by atoms with Crippen LogP contribution in [0.25, 0.3) is 0 Å². The van der Waals surface area contributed by atoms with E-state index >= 15 is 0 Å². The Morgan fingerprint density at radius 2 is 2.27 bits per heavy atom. The van der Waals surface area contributed by atoms with E-state index in [0.29, 0.717) is 12.6 Å². The van der Waals surface area contributed by atoms with E-state index in [4.69, 9.17) is 5.73 Å². The zero-order valence-corrected chi connectivity index (χ0v) is 9.97. The topological polar surface area (TPSA) is 67.2 Å². The van der Waals surface area contributed by atoms with E-state index < -0.39 is 0 Å². The highest BCUT2D eigenvalue weighted by Gasteiger charge is 2.33. The van der Waals surface area contributed by atoms with Gasteiger partial charge < -0.3 is 16.4 Å². The van der Waals surface area contributed by atoms with Crippen molar-refractivity contribution in [1.82, 2.24) is 10.6 Å². The summed E-state index contributed by atoms with van der Waals surface area (Å²) < 4.78 is 0. The molecule has 1 aliphatic rings. The summed E-state index contributed by atoms with van der Waals surface area (Å²) in [6.07, 6.45) is 1.94. The third kappa shape index (κ3) is 3.18. The molecule has 1 fully saturated rings. The number of nitrogens with one attached hydrogen (secondary N) is 2. The minimum absolute atomic E-state index is 0.112. The van der Waals surface area contributed by atoms with Crippen molar-refractivity contribution >= 4 is 5.91 Å². The van der Waals surface area contributed by atoms with Crippen molar-refractivity contribution in [3.05, 3.63) is 0 Å². The average Bonchev–Trinajstić information content (AvgIpc) is 2.64. The van der Waals surface area contributed by atoms with Crippen LogP contribution in [-0.4, -0.2) is 30.6 Å². The van der Waals surface area contributed by atoms with Gasteiger partial charge in [0.05, 0.1) is 5.92 Å². The van der Waals surface area contributed by atoms with Crippen molar-refractivity contribution in [2.24, 2.45) is 11.7 Å². The fourth-order valence-electron chi connectivity index (χ4n) is 1.99. The second-order valence-electron chi connectivity index (χ2n) is 4.94. The Hall–Kier alpha value is -0.610. The molecule has 0 radical (unpaired) electrons. The summed E-state index contributed by atoms with van der Waals surface area (Å²) in [6, 6.07) is 0.332. The summed E-state index contributed by atoms with van der Waals surface area (Å²) in [6.45, 7) is 7.43. The maximum atomic E-state index is 12.0. The smallest absolute Gasteiger partial charge is 0.225 e. The van der Waals surface area contributed by atoms with E-state index in [1.54, 1.807) is 0 Å². The molecular formula is C11H23N3O. The molecule has 1 amide bonds. The maximum Gasteiger partial charge on any atom is 0.225 e. The lowest BCUT2D eigenvalue weighted by atomic mass is 9.95. The van der Waals surface area contributed by atoms with Gasteiger partial charge in [-0.05, 0) is 33.2 Å². The highest BCUT2D eigenvalue weighted by atomic mass is 16.2. The van der Waals surface area contributed by atoms with Crippen LogP contribution in [0.5, 0.6) is 0 Å². The molecule has 4 heteroatoms. The minimum Gasteiger partial charge on any atom is -0.350 e. The largest absolute Gasteiger partial charge is 0.350 e. The number of hydrogen-bond donors (Lipinski definition) is 3. The number of hydrogen-bond acceptors (Lipinski definition) is 3. The molecule has 1 heterocycles. The van der Waals surface area contributed by atoms with Gasteiger partial charge >= 0.3 is 0 Å². The molecule has 1 saturated heterocycles. The molecule has 2 atom stereocenters. The predicted octanol–water partition coefficient (Wildman–Crippen LogP) is 0.228. The van der Waals surface area contributed by atoms with Crippen molar-refractivity contribution in [2.45, 2.75) is 45.2 Å². The van der Waals surface area contributed by atoms with Crippen LogP contribution in [0.2, 0.25) is 0 Å². The van der Waals surface area contributed by atoms with Crippen molar-refractivity contribution in [1.29, 1.82) is 0 Å². The van der Waals surface area contributed by atoms with E-state index in [9.17, 15) is 4.79 Å². The van der Waals surface area contributed by atoms with Gasteiger partial charge in [-0.3, -0.25) is 4.79 Å². The van der Waals surface area contributed by atoms with Crippen LogP contribution in [0.4, 0.5) is 0 Å². The Kier molecular flexibility index (Phi) is 4.11. The molecule has 0 saturated carbocycles. The fourth-order valence-corrected chi connectivity index (χ4v) is 1.99. The van der Waals surface area contributed by atoms with Gasteiger partial charge in [0.15, 0.2) is 0 Å². The zero-order valence-electron chi connectivity index (χ0n) is 9.97. The summed E-state index contributed by atoms with van der Waals surface area (Å²) in [4.78, 5) is 12.0. The number of amides is 1. The molecular weight excluding hydrogens is 190 g/mol. The molecule has 88 valence electrons. The van der Waals surface area contributed by atoms with Gasteiger partial charge in [-0.25, -0.2) is 0 Å². The Morgan fingerprint density at radius 1 is 1.60 bits per heavy atom. The first-order valence-electron chi connectivity index (χ1n) is 5.75. The van der Waals surface area contributed by atoms with E-state index in [-0.39, 0.29) is 17.4 Å². The van der Waals surface area contributed by atoms with Crippen molar-refractivity contribution in [2.75, 3.05) is 13.1 Å². The normalized spacial score (nSPS) is 26.7. The second kappa shape index (κ2) is 4.94. The van der Waals surface area contributed by atoms with Crippen molar-refractivity contribution in [3.63, 3.8) is 0 Å². The van der Waals surface area contributed by atoms with E-state index in [2.05, 4.69) is 17.6 Å². The van der Waals surface area contributed by atoms with Crippen LogP contribution in [-0.2, 0) is 4.79 Å². The molecule has 0 spiro atoms. The van der Waals surface area contributed by atoms with Gasteiger partial charge in [0.2, 0.25) is 5.91 Å². The van der Waals surface area contributed by atoms with E-state index in [1.807, 2.05) is 13.8 Å². The third-order valence-electron chi connectivity index (χ3n) is 3.10. The number of nitrogens with two attached hydrogens (primary N) is 1. The molecule has 4 nitrogen and oxygen atoms in total. The van der Waals surface area contributed by atoms with Gasteiger partial charge in [0.1, 0.15) is 0 Å². The maximum absolute atomic E-state index is 12.0. The van der Waals surface area contributed by atoms with Gasteiger partial charge in [-0.1, -0.05) is 6.92 Å². The number of carbonyl (C=O) groups excluding carboxylic acids is 1. The molecule has 2 unspecified atom stereocenters. The number of carbonyl (C=O) groups is 1. The summed E-state index contributed by atoms with van der Waals surface area (Å²) in [5.41, 5.74) is 5.30. The lowest BCUT2D eigenvalue weighted by Gasteiger charge is -2.27. The fraction of sp³-hybridized carbons (Fsp3) is 0.909. The first-order valence-corrected chi connectivity index (χ1v) is 5.75. The first kappa shape index (κ1) is 12.5. The van der Waals surface area contributed by atoms with Gasteiger partial charge in [0.25, 0.3) is 0 Å². The van der Waals surface area contributed by atoms with E-state index in [1.165, 1.54) is 0 Å². The molecule has 0 aromatic heterocycles. The van der Waals surface area contributed by atoms with Gasteiger partial charge in [-0.2, -0.15) is 0 Å². The number of rotatable bonds is 4. The average molecular weight is 213 g/mol. The van der Waals surface area contributed by atoms with Crippen LogP contribution in [0.15, 0.2) is 0 Å². The van der Waals surface area contributed by atoms with Crippen molar-refractivity contribution in [3.8, 4) is 0 Å². The molecule has 0 aliphatic carbocycles. The molecule has 1 aliphatic heterocycles. The van der Waals surface area contributed by atoms with Crippen molar-refractivity contribution < 1.29 is 4.79 Å². The Bertz CT molecular complexity index is 228. The quantitative estimate of drug-likeness (QED) is 0.626. The summed E-state index contributed by atoms with van der Waals surface area (Å²) in [7, 11) is 0. The first-order chi connectivity index (χ1) is 7.00. The Morgan fingerprint density at radius 3 is 2.80 bits per heavy atom. The van der Waals surface area contributed by atoms with Gasteiger partial charge in [0, 0.05) is 18.1 Å². The zero-order chi connectivity index (χ0) is 11.5. The van der Waals surface area contributed by atoms with Crippen LogP contribution in [0, 0.1) is 5.92 Å². The van der Waals surface area contributed by atoms with Crippen LogP contribution in [0.3, 0.4) is 0 Å². The summed E-state index contributed by atoms with van der Waals surface area (Å²) in [5.74, 6) is 0.253. The Balaban J connectivity index is 2.53. The Labute approximate surface area is 92.0 Å². The van der Waals surface area contributed by atoms with Crippen LogP contribution >= 0.6 is 0 Å². The molecule has 1 rings (SSSR count). The molecule has 0 aromatic rings. The standard InChI is InChI=1S/C11H23N3O/c1-4-9-8(5-6-13-9)10(15)14-11(2,3)7-12/h8-9,13H,4-7,12H2,1-3H3,(H,14,15). The monoisotopic (exact) mass is 213 g/mol. The van der Waals surface area contributed by atoms with Crippen LogP contribution in [0.1, 0.15) is 33.6 Å². The lowest BCUT2D eigenvalue weighted by Crippen LogP contribution is -2.52. The third-order valence-corrected chi connectivity index (χ3v) is 3.10. The summed E-state index contributed by atoms with van der Waals surface area (Å²) >= 11 is 0. The highest BCUT2D eigenvalue weighted by Crippen LogP contribution is 2.19. The molecule has 0 aromatic carbocycles. The highest BCUT2D eigenvalue weighted by molar-refractivity contribution is 5.80. The summed E-state index contributed by atoms with van der Waals surface area (Å²) in [5, 5.41) is 6.36. The second-order valence-corrected chi connectivity index (χ2v) is 4.94. The molecule has 0 bridgehead atoms. The lowest BCUT2D eigenvalue weighted by molar-refractivity contribution is -0.126. The van der Waals surface area contributed by atoms with Gasteiger partial charge in [-0.15, -0.1) is 0 Å². The predicted molar refractivity (Wildman–Crippen MR) is 61.5 cm³/mol. The van der Waals surface area contributed by atoms with Crippen LogP contribution < -0.4 is 16.4 Å². The minimum atomic E-state index is -0.294. The SMILES string of the molecule is CCC1NCCC1C(=O)NC(C)(C)CN. The molecule has 4 N–H and O–H groups in total.